The average Bonchev–Trinajstić information content (AvgIpc) is 2.48. The van der Waals surface area contributed by atoms with Crippen LogP contribution >= 0.6 is 11.6 Å². The molecule has 0 saturated carbocycles. The highest BCUT2D eigenvalue weighted by atomic mass is 35.5. The van der Waals surface area contributed by atoms with E-state index in [1.54, 1.807) is 0 Å². The number of nitro groups is 2. The third kappa shape index (κ3) is 3.52. The Morgan fingerprint density at radius 3 is 2.04 bits per heavy atom. The van der Waals surface area contributed by atoms with Crippen molar-refractivity contribution in [1.29, 1.82) is 0 Å². The van der Waals surface area contributed by atoms with Crippen molar-refractivity contribution in [3.8, 4) is 11.5 Å². The number of nitro benzene ring substituents is 2. The summed E-state index contributed by atoms with van der Waals surface area (Å²) in [4.78, 5) is 31.6. The molecule has 0 heterocycles. The Morgan fingerprint density at radius 2 is 1.52 bits per heavy atom. The maximum absolute atomic E-state index is 11.1. The fraction of sp³-hybridized carbons (Fsp3) is 0. The zero-order chi connectivity index (χ0) is 17.1. The van der Waals surface area contributed by atoms with E-state index >= 15 is 0 Å². The highest BCUT2D eigenvalue weighted by Crippen LogP contribution is 2.37. The number of carbonyl (C=O) groups is 1. The van der Waals surface area contributed by atoms with E-state index in [9.17, 15) is 25.0 Å². The number of nitrogens with two attached hydrogens (primary N) is 1. The van der Waals surface area contributed by atoms with Gasteiger partial charge in [0.05, 0.1) is 9.85 Å². The Morgan fingerprint density at radius 1 is 1.00 bits per heavy atom. The van der Waals surface area contributed by atoms with Gasteiger partial charge in [-0.25, -0.2) is 0 Å². The first-order chi connectivity index (χ1) is 10.8. The zero-order valence-electron chi connectivity index (χ0n) is 11.3. The first-order valence-corrected chi connectivity index (χ1v) is 6.37. The van der Waals surface area contributed by atoms with Crippen LogP contribution < -0.4 is 10.5 Å². The van der Waals surface area contributed by atoms with Gasteiger partial charge in [-0.1, -0.05) is 11.6 Å². The molecule has 0 fully saturated rings. The van der Waals surface area contributed by atoms with Crippen LogP contribution in [0.5, 0.6) is 11.5 Å². The molecule has 0 atom stereocenters. The summed E-state index contributed by atoms with van der Waals surface area (Å²) in [6.45, 7) is 0. The number of ether oxygens (including phenoxy) is 1. The third-order valence-corrected chi connectivity index (χ3v) is 3.01. The van der Waals surface area contributed by atoms with E-state index in [0.29, 0.717) is 0 Å². The van der Waals surface area contributed by atoms with Gasteiger partial charge in [0.1, 0.15) is 0 Å². The van der Waals surface area contributed by atoms with E-state index in [4.69, 9.17) is 22.1 Å². The molecule has 0 aliphatic heterocycles. The summed E-state index contributed by atoms with van der Waals surface area (Å²) in [6, 6.07) is 6.89. The lowest BCUT2D eigenvalue weighted by molar-refractivity contribution is -0.387. The minimum Gasteiger partial charge on any atom is -0.443 e. The lowest BCUT2D eigenvalue weighted by atomic mass is 10.2. The van der Waals surface area contributed by atoms with Crippen molar-refractivity contribution >= 4 is 28.9 Å². The number of rotatable bonds is 5. The van der Waals surface area contributed by atoms with E-state index < -0.39 is 27.1 Å². The molecule has 2 aromatic rings. The maximum atomic E-state index is 11.1. The first kappa shape index (κ1) is 16.2. The molecule has 10 heteroatoms. The topological polar surface area (TPSA) is 139 Å². The average molecular weight is 338 g/mol. The molecule has 2 aromatic carbocycles. The molecule has 2 rings (SSSR count). The van der Waals surface area contributed by atoms with Crippen molar-refractivity contribution in [2.45, 2.75) is 0 Å². The van der Waals surface area contributed by atoms with Gasteiger partial charge >= 0.3 is 11.4 Å². The second-order valence-corrected chi connectivity index (χ2v) is 4.71. The van der Waals surface area contributed by atoms with Crippen molar-refractivity contribution in [2.75, 3.05) is 0 Å². The Hall–Kier alpha value is -3.20. The highest BCUT2D eigenvalue weighted by molar-refractivity contribution is 6.30. The molecule has 0 unspecified atom stereocenters. The molecular formula is C13H8ClN3O6. The molecule has 9 nitrogen and oxygen atoms in total. The molecule has 0 aromatic heterocycles. The number of hydrogen-bond acceptors (Lipinski definition) is 6. The predicted octanol–water partition coefficient (Wildman–Crippen LogP) is 3.05. The quantitative estimate of drug-likeness (QED) is 0.657. The largest absolute Gasteiger partial charge is 0.443 e. The number of nitrogens with zero attached hydrogens (tertiary/aromatic N) is 2. The van der Waals surface area contributed by atoms with Crippen LogP contribution in [0, 0.1) is 20.2 Å². The molecule has 1 amide bonds. The SMILES string of the molecule is NC(=O)c1ccc(Oc2ccc(Cl)cc2[N+](=O)[O-])c([N+](=O)[O-])c1. The Kier molecular flexibility index (Phi) is 4.42. The first-order valence-electron chi connectivity index (χ1n) is 5.99. The Bertz CT molecular complexity index is 823. The third-order valence-electron chi connectivity index (χ3n) is 2.78. The van der Waals surface area contributed by atoms with Crippen molar-refractivity contribution in [1.82, 2.24) is 0 Å². The van der Waals surface area contributed by atoms with E-state index in [-0.39, 0.29) is 22.1 Å². The van der Waals surface area contributed by atoms with Crippen LogP contribution in [0.3, 0.4) is 0 Å². The predicted molar refractivity (Wildman–Crippen MR) is 79.8 cm³/mol. The number of primary amides is 1. The van der Waals surface area contributed by atoms with Crippen LogP contribution in [-0.4, -0.2) is 15.8 Å². The Labute approximate surface area is 133 Å². The smallest absolute Gasteiger partial charge is 0.313 e. The maximum Gasteiger partial charge on any atom is 0.313 e. The zero-order valence-corrected chi connectivity index (χ0v) is 12.0. The molecule has 0 saturated heterocycles. The summed E-state index contributed by atoms with van der Waals surface area (Å²) in [7, 11) is 0. The second-order valence-electron chi connectivity index (χ2n) is 4.28. The number of hydrogen-bond donors (Lipinski definition) is 1. The fourth-order valence-electron chi connectivity index (χ4n) is 1.74. The lowest BCUT2D eigenvalue weighted by Crippen LogP contribution is -2.11. The molecule has 0 aliphatic rings. The van der Waals surface area contributed by atoms with Gasteiger partial charge in [0.25, 0.3) is 0 Å². The van der Waals surface area contributed by atoms with Gasteiger partial charge in [0, 0.05) is 22.7 Å². The van der Waals surface area contributed by atoms with Crippen molar-refractivity contribution in [2.24, 2.45) is 5.73 Å². The molecule has 0 aliphatic carbocycles. The minimum absolute atomic E-state index is 0.0883. The molecule has 2 N–H and O–H groups in total. The van der Waals surface area contributed by atoms with Gasteiger partial charge in [-0.3, -0.25) is 25.0 Å². The van der Waals surface area contributed by atoms with Crippen molar-refractivity contribution in [3.63, 3.8) is 0 Å². The second kappa shape index (κ2) is 6.28. The molecular weight excluding hydrogens is 330 g/mol. The summed E-state index contributed by atoms with van der Waals surface area (Å²) in [5.41, 5.74) is 3.97. The van der Waals surface area contributed by atoms with Crippen LogP contribution in [0.15, 0.2) is 36.4 Å². The molecule has 0 radical (unpaired) electrons. The fourth-order valence-corrected chi connectivity index (χ4v) is 1.90. The standard InChI is InChI=1S/C13H8ClN3O6/c14-8-2-4-12(10(6-8)17(21)22)23-11-3-1-7(13(15)18)5-9(11)16(19)20/h1-6H,(H2,15,18). The number of amides is 1. The summed E-state index contributed by atoms with van der Waals surface area (Å²) in [5.74, 6) is -1.35. The summed E-state index contributed by atoms with van der Waals surface area (Å²) in [6.07, 6.45) is 0. The van der Waals surface area contributed by atoms with Crippen LogP contribution in [0.25, 0.3) is 0 Å². The van der Waals surface area contributed by atoms with Crippen LogP contribution in [0.4, 0.5) is 11.4 Å². The van der Waals surface area contributed by atoms with Crippen LogP contribution in [-0.2, 0) is 0 Å². The van der Waals surface area contributed by atoms with Gasteiger partial charge in [-0.2, -0.15) is 0 Å². The summed E-state index contributed by atoms with van der Waals surface area (Å²) >= 11 is 5.68. The normalized spacial score (nSPS) is 10.1. The van der Waals surface area contributed by atoms with Gasteiger partial charge in [-0.15, -0.1) is 0 Å². The van der Waals surface area contributed by atoms with E-state index in [0.717, 1.165) is 18.2 Å². The number of halogens is 1. The molecule has 118 valence electrons. The highest BCUT2D eigenvalue weighted by Gasteiger charge is 2.22. The van der Waals surface area contributed by atoms with E-state index in [1.165, 1.54) is 18.2 Å². The Balaban J connectivity index is 2.50. The number of carbonyl (C=O) groups excluding carboxylic acids is 1. The summed E-state index contributed by atoms with van der Waals surface area (Å²) < 4.78 is 5.26. The van der Waals surface area contributed by atoms with E-state index in [2.05, 4.69) is 0 Å². The minimum atomic E-state index is -0.850. The van der Waals surface area contributed by atoms with Gasteiger partial charge in [0.15, 0.2) is 0 Å². The number of benzene rings is 2. The molecule has 0 bridgehead atoms. The van der Waals surface area contributed by atoms with E-state index in [1.807, 2.05) is 0 Å². The molecule has 23 heavy (non-hydrogen) atoms. The van der Waals surface area contributed by atoms with Crippen LogP contribution in [0.1, 0.15) is 10.4 Å². The molecule has 0 spiro atoms. The van der Waals surface area contributed by atoms with Crippen molar-refractivity contribution < 1.29 is 19.4 Å². The van der Waals surface area contributed by atoms with Gasteiger partial charge in [0.2, 0.25) is 17.4 Å². The van der Waals surface area contributed by atoms with Gasteiger partial charge < -0.3 is 10.5 Å². The van der Waals surface area contributed by atoms with Crippen LogP contribution in [0.2, 0.25) is 5.02 Å². The van der Waals surface area contributed by atoms with Crippen molar-refractivity contribution in [3.05, 3.63) is 67.2 Å². The lowest BCUT2D eigenvalue weighted by Gasteiger charge is -2.08. The monoisotopic (exact) mass is 337 g/mol. The van der Waals surface area contributed by atoms with Gasteiger partial charge in [-0.05, 0) is 24.3 Å². The summed E-state index contributed by atoms with van der Waals surface area (Å²) in [5, 5.41) is 22.2.